The highest BCUT2D eigenvalue weighted by molar-refractivity contribution is 5.76. The molecule has 2 aliphatic rings. The molecule has 2 N–H and O–H groups in total. The quantitative estimate of drug-likeness (QED) is 0.852. The van der Waals surface area contributed by atoms with E-state index >= 15 is 0 Å². The van der Waals surface area contributed by atoms with Gasteiger partial charge in [0.15, 0.2) is 0 Å². The van der Waals surface area contributed by atoms with Gasteiger partial charge in [-0.15, -0.1) is 0 Å². The van der Waals surface area contributed by atoms with E-state index in [0.717, 1.165) is 12.2 Å². The molecular weight excluding hydrogens is 240 g/mol. The van der Waals surface area contributed by atoms with Crippen LogP contribution in [0.5, 0.6) is 5.75 Å². The average Bonchev–Trinajstić information content (AvgIpc) is 2.63. The van der Waals surface area contributed by atoms with E-state index in [1.807, 2.05) is 18.2 Å². The fourth-order valence-electron chi connectivity index (χ4n) is 2.93. The van der Waals surface area contributed by atoms with Gasteiger partial charge in [0.25, 0.3) is 0 Å². The number of carbonyl (C=O) groups excluding carboxylic acids is 1. The minimum atomic E-state index is -0.259. The summed E-state index contributed by atoms with van der Waals surface area (Å²) < 4.78 is 6.02. The fourth-order valence-corrected chi connectivity index (χ4v) is 2.93. The van der Waals surface area contributed by atoms with Crippen LogP contribution in [0.3, 0.4) is 0 Å². The van der Waals surface area contributed by atoms with E-state index in [0.29, 0.717) is 19.0 Å². The molecule has 1 aromatic rings. The standard InChI is InChI=1S/C15H20N2O2/c1-15(2)14(11-5-3-4-6-12(11)19-15)17-10-7-8-13(18)16-9-10/h3-6,10,14,17H,7-9H2,1-2H3,(H,16,18). The van der Waals surface area contributed by atoms with Gasteiger partial charge in [0, 0.05) is 24.6 Å². The van der Waals surface area contributed by atoms with Gasteiger partial charge in [-0.25, -0.2) is 0 Å². The van der Waals surface area contributed by atoms with Crippen molar-refractivity contribution in [2.75, 3.05) is 6.54 Å². The van der Waals surface area contributed by atoms with Crippen LogP contribution < -0.4 is 15.4 Å². The van der Waals surface area contributed by atoms with Crippen molar-refractivity contribution in [3.63, 3.8) is 0 Å². The summed E-state index contributed by atoms with van der Waals surface area (Å²) in [5, 5.41) is 6.56. The zero-order chi connectivity index (χ0) is 13.5. The molecule has 0 radical (unpaired) electrons. The van der Waals surface area contributed by atoms with Gasteiger partial charge in [0.05, 0.1) is 6.04 Å². The molecule has 3 rings (SSSR count). The summed E-state index contributed by atoms with van der Waals surface area (Å²) in [5.74, 6) is 1.12. The summed E-state index contributed by atoms with van der Waals surface area (Å²) in [5.41, 5.74) is 0.954. The molecule has 0 spiro atoms. The van der Waals surface area contributed by atoms with Crippen LogP contribution in [0.4, 0.5) is 0 Å². The molecule has 2 unspecified atom stereocenters. The Hall–Kier alpha value is -1.55. The normalized spacial score (nSPS) is 28.4. The van der Waals surface area contributed by atoms with E-state index in [1.54, 1.807) is 0 Å². The van der Waals surface area contributed by atoms with Gasteiger partial charge in [-0.2, -0.15) is 0 Å². The Morgan fingerprint density at radius 1 is 1.37 bits per heavy atom. The summed E-state index contributed by atoms with van der Waals surface area (Å²) in [4.78, 5) is 11.2. The third-order valence-corrected chi connectivity index (χ3v) is 3.97. The first kappa shape index (κ1) is 12.5. The van der Waals surface area contributed by atoms with E-state index in [9.17, 15) is 4.79 Å². The van der Waals surface area contributed by atoms with Crippen LogP contribution in [-0.4, -0.2) is 24.1 Å². The number of amides is 1. The van der Waals surface area contributed by atoms with Gasteiger partial charge in [-0.3, -0.25) is 4.79 Å². The van der Waals surface area contributed by atoms with E-state index in [2.05, 4.69) is 30.5 Å². The van der Waals surface area contributed by atoms with E-state index in [4.69, 9.17) is 4.74 Å². The molecule has 0 bridgehead atoms. The number of piperidine rings is 1. The molecule has 19 heavy (non-hydrogen) atoms. The number of rotatable bonds is 2. The van der Waals surface area contributed by atoms with Gasteiger partial charge in [0.1, 0.15) is 11.4 Å². The lowest BCUT2D eigenvalue weighted by Gasteiger charge is -2.33. The topological polar surface area (TPSA) is 50.4 Å². The Balaban J connectivity index is 1.77. The van der Waals surface area contributed by atoms with Crippen LogP contribution in [0.15, 0.2) is 24.3 Å². The number of carbonyl (C=O) groups is 1. The number of fused-ring (bicyclic) bond motifs is 1. The number of hydrogen-bond donors (Lipinski definition) is 2. The van der Waals surface area contributed by atoms with Crippen molar-refractivity contribution in [3.8, 4) is 5.75 Å². The molecule has 4 heteroatoms. The molecule has 4 nitrogen and oxygen atoms in total. The summed E-state index contributed by atoms with van der Waals surface area (Å²) in [7, 11) is 0. The molecule has 0 aromatic heterocycles. The SMILES string of the molecule is CC1(C)Oc2ccccc2C1NC1CCC(=O)NC1. The first-order chi connectivity index (χ1) is 9.06. The monoisotopic (exact) mass is 260 g/mol. The molecule has 1 aromatic carbocycles. The average molecular weight is 260 g/mol. The second-order valence-corrected chi connectivity index (χ2v) is 5.88. The van der Waals surface area contributed by atoms with Gasteiger partial charge in [0.2, 0.25) is 5.91 Å². The Labute approximate surface area is 113 Å². The predicted octanol–water partition coefficient (Wildman–Crippen LogP) is 1.77. The summed E-state index contributed by atoms with van der Waals surface area (Å²) in [6, 6.07) is 8.66. The molecule has 0 saturated carbocycles. The number of nitrogens with one attached hydrogen (secondary N) is 2. The lowest BCUT2D eigenvalue weighted by molar-refractivity contribution is -0.122. The maximum absolute atomic E-state index is 11.2. The van der Waals surface area contributed by atoms with Gasteiger partial charge in [-0.1, -0.05) is 18.2 Å². The third-order valence-electron chi connectivity index (χ3n) is 3.97. The molecule has 1 saturated heterocycles. The molecule has 2 aliphatic heterocycles. The van der Waals surface area contributed by atoms with Crippen molar-refractivity contribution in [1.29, 1.82) is 0 Å². The van der Waals surface area contributed by atoms with Crippen molar-refractivity contribution in [2.45, 2.75) is 44.4 Å². The van der Waals surface area contributed by atoms with Gasteiger partial charge < -0.3 is 15.4 Å². The second-order valence-electron chi connectivity index (χ2n) is 5.88. The maximum Gasteiger partial charge on any atom is 0.220 e. The molecular formula is C15H20N2O2. The lowest BCUT2D eigenvalue weighted by atomic mass is 9.92. The zero-order valence-corrected chi connectivity index (χ0v) is 11.4. The first-order valence-electron chi connectivity index (χ1n) is 6.87. The highest BCUT2D eigenvalue weighted by atomic mass is 16.5. The summed E-state index contributed by atoms with van der Waals surface area (Å²) >= 11 is 0. The van der Waals surface area contributed by atoms with Crippen molar-refractivity contribution >= 4 is 5.91 Å². The van der Waals surface area contributed by atoms with Crippen molar-refractivity contribution < 1.29 is 9.53 Å². The number of ether oxygens (including phenoxy) is 1. The third kappa shape index (κ3) is 2.32. The highest BCUT2D eigenvalue weighted by Gasteiger charge is 2.42. The van der Waals surface area contributed by atoms with Crippen LogP contribution in [0.25, 0.3) is 0 Å². The minimum Gasteiger partial charge on any atom is -0.486 e. The van der Waals surface area contributed by atoms with Crippen molar-refractivity contribution in [2.24, 2.45) is 0 Å². The Morgan fingerprint density at radius 2 is 2.16 bits per heavy atom. The minimum absolute atomic E-state index is 0.153. The van der Waals surface area contributed by atoms with Crippen LogP contribution in [0.1, 0.15) is 38.3 Å². The van der Waals surface area contributed by atoms with Crippen molar-refractivity contribution in [3.05, 3.63) is 29.8 Å². The first-order valence-corrected chi connectivity index (χ1v) is 6.87. The van der Waals surface area contributed by atoms with Crippen LogP contribution in [0, 0.1) is 0 Å². The lowest BCUT2D eigenvalue weighted by Crippen LogP contribution is -2.50. The summed E-state index contributed by atoms with van der Waals surface area (Å²) in [6.07, 6.45) is 1.49. The predicted molar refractivity (Wildman–Crippen MR) is 73.1 cm³/mol. The van der Waals surface area contributed by atoms with E-state index in [1.165, 1.54) is 5.56 Å². The molecule has 1 fully saturated rings. The fraction of sp³-hybridized carbons (Fsp3) is 0.533. The Morgan fingerprint density at radius 3 is 2.89 bits per heavy atom. The molecule has 1 amide bonds. The van der Waals surface area contributed by atoms with E-state index in [-0.39, 0.29) is 17.6 Å². The highest BCUT2D eigenvalue weighted by Crippen LogP contribution is 2.43. The Kier molecular flexibility index (Phi) is 2.97. The van der Waals surface area contributed by atoms with E-state index < -0.39 is 0 Å². The van der Waals surface area contributed by atoms with Gasteiger partial charge in [-0.05, 0) is 26.3 Å². The summed E-state index contributed by atoms with van der Waals surface area (Å²) in [6.45, 7) is 4.91. The van der Waals surface area contributed by atoms with Crippen molar-refractivity contribution in [1.82, 2.24) is 10.6 Å². The largest absolute Gasteiger partial charge is 0.486 e. The number of para-hydroxylation sites is 1. The van der Waals surface area contributed by atoms with Gasteiger partial charge >= 0.3 is 0 Å². The van der Waals surface area contributed by atoms with Crippen LogP contribution >= 0.6 is 0 Å². The van der Waals surface area contributed by atoms with Crippen LogP contribution in [0.2, 0.25) is 0 Å². The molecule has 2 atom stereocenters. The smallest absolute Gasteiger partial charge is 0.220 e. The second kappa shape index (κ2) is 4.53. The van der Waals surface area contributed by atoms with Crippen LogP contribution in [-0.2, 0) is 4.79 Å². The molecule has 102 valence electrons. The zero-order valence-electron chi connectivity index (χ0n) is 11.4. The number of hydrogen-bond acceptors (Lipinski definition) is 3. The number of benzene rings is 1. The maximum atomic E-state index is 11.2. The Bertz CT molecular complexity index is 489. The molecule has 2 heterocycles. The molecule has 0 aliphatic carbocycles.